The number of nitrogens with two attached hydrogens (primary N) is 1. The van der Waals surface area contributed by atoms with E-state index in [-0.39, 0.29) is 5.60 Å². The lowest BCUT2D eigenvalue weighted by Gasteiger charge is -2.43. The van der Waals surface area contributed by atoms with Crippen LogP contribution in [-0.2, 0) is 5.60 Å². The Balaban J connectivity index is 1.81. The van der Waals surface area contributed by atoms with Gasteiger partial charge >= 0.3 is 0 Å². The van der Waals surface area contributed by atoms with Gasteiger partial charge in [-0.25, -0.2) is 0 Å². The van der Waals surface area contributed by atoms with Crippen molar-refractivity contribution >= 4 is 5.69 Å². The lowest BCUT2D eigenvalue weighted by molar-refractivity contribution is -0.0101. The minimum atomic E-state index is -0.258. The van der Waals surface area contributed by atoms with Gasteiger partial charge in [-0.05, 0) is 35.2 Å². The third-order valence-electron chi connectivity index (χ3n) is 4.85. The van der Waals surface area contributed by atoms with Gasteiger partial charge < -0.3 is 15.4 Å². The van der Waals surface area contributed by atoms with Gasteiger partial charge in [0.05, 0.1) is 0 Å². The zero-order valence-electron chi connectivity index (χ0n) is 15.7. The molecule has 1 heterocycles. The largest absolute Gasteiger partial charge is 0.482 e. The zero-order chi connectivity index (χ0) is 17.9. The van der Waals surface area contributed by atoms with Gasteiger partial charge in [-0.15, -0.1) is 0 Å². The van der Waals surface area contributed by atoms with E-state index >= 15 is 0 Å². The molecule has 1 saturated heterocycles. The Hall–Kier alpha value is -2.00. The molecule has 3 heteroatoms. The molecule has 134 valence electrons. The molecule has 0 aromatic heterocycles. The molecule has 25 heavy (non-hydrogen) atoms. The van der Waals surface area contributed by atoms with E-state index in [9.17, 15) is 0 Å². The number of anilines is 1. The molecule has 1 fully saturated rings. The second kappa shape index (κ2) is 7.09. The summed E-state index contributed by atoms with van der Waals surface area (Å²) in [5.74, 6) is 0.891. The highest BCUT2D eigenvalue weighted by Gasteiger charge is 2.39. The van der Waals surface area contributed by atoms with Crippen LogP contribution in [0.4, 0.5) is 5.69 Å². The minimum Gasteiger partial charge on any atom is -0.482 e. The second-order valence-electron chi connectivity index (χ2n) is 8.37. The molecule has 3 rings (SSSR count). The Morgan fingerprint density at radius 3 is 2.12 bits per heavy atom. The summed E-state index contributed by atoms with van der Waals surface area (Å²) in [5, 5.41) is 0. The molecule has 1 aliphatic rings. The van der Waals surface area contributed by atoms with E-state index in [0.29, 0.717) is 5.41 Å². The quantitative estimate of drug-likeness (QED) is 0.822. The Labute approximate surface area is 151 Å². The van der Waals surface area contributed by atoms with Crippen molar-refractivity contribution in [2.24, 2.45) is 5.41 Å². The lowest BCUT2D eigenvalue weighted by Crippen LogP contribution is -2.48. The van der Waals surface area contributed by atoms with Crippen molar-refractivity contribution in [1.82, 2.24) is 4.90 Å². The molecule has 0 atom stereocenters. The number of likely N-dealkylation sites (tertiary alicyclic amines) is 1. The first-order valence-electron chi connectivity index (χ1n) is 9.19. The number of piperidine rings is 1. The maximum Gasteiger partial charge on any atom is 0.136 e. The third-order valence-corrected chi connectivity index (χ3v) is 4.85. The number of hydrogen-bond acceptors (Lipinski definition) is 3. The fourth-order valence-corrected chi connectivity index (χ4v) is 3.70. The van der Waals surface area contributed by atoms with E-state index in [4.69, 9.17) is 10.5 Å². The number of hydrogen-bond donors (Lipinski definition) is 1. The maximum atomic E-state index is 6.58. The molecule has 0 bridgehead atoms. The highest BCUT2D eigenvalue weighted by Crippen LogP contribution is 2.38. The molecule has 2 aromatic carbocycles. The molecule has 3 nitrogen and oxygen atoms in total. The van der Waals surface area contributed by atoms with E-state index in [1.54, 1.807) is 0 Å². The molecule has 0 amide bonds. The Morgan fingerprint density at radius 2 is 1.56 bits per heavy atom. The SMILES string of the molecule is CC(C)(C)CN1CCC(Oc2ccc(N)cc2)(c2ccccc2)CC1. The van der Waals surface area contributed by atoms with Crippen molar-refractivity contribution in [2.75, 3.05) is 25.4 Å². The van der Waals surface area contributed by atoms with Crippen LogP contribution in [0.15, 0.2) is 54.6 Å². The first-order valence-corrected chi connectivity index (χ1v) is 9.19. The molecular formula is C22H30N2O. The van der Waals surface area contributed by atoms with E-state index in [1.807, 2.05) is 24.3 Å². The molecule has 2 N–H and O–H groups in total. The van der Waals surface area contributed by atoms with Crippen LogP contribution in [0, 0.1) is 5.41 Å². The first kappa shape index (κ1) is 17.8. The van der Waals surface area contributed by atoms with E-state index < -0.39 is 0 Å². The summed E-state index contributed by atoms with van der Waals surface area (Å²) in [5.41, 5.74) is 7.92. The number of ether oxygens (including phenoxy) is 1. The summed E-state index contributed by atoms with van der Waals surface area (Å²) in [6.07, 6.45) is 1.99. The van der Waals surface area contributed by atoms with Crippen LogP contribution in [-0.4, -0.2) is 24.5 Å². The summed E-state index contributed by atoms with van der Waals surface area (Å²) in [6.45, 7) is 10.1. The fourth-order valence-electron chi connectivity index (χ4n) is 3.70. The first-order chi connectivity index (χ1) is 11.9. The number of nitrogen functional groups attached to an aromatic ring is 1. The second-order valence-corrected chi connectivity index (χ2v) is 8.37. The van der Waals surface area contributed by atoms with Crippen molar-refractivity contribution in [3.05, 3.63) is 60.2 Å². The lowest BCUT2D eigenvalue weighted by atomic mass is 9.83. The van der Waals surface area contributed by atoms with Gasteiger partial charge in [0.2, 0.25) is 0 Å². The van der Waals surface area contributed by atoms with Crippen molar-refractivity contribution < 1.29 is 4.74 Å². The standard InChI is InChI=1S/C22H30N2O/c1-21(2,3)17-24-15-13-22(14-16-24,18-7-5-4-6-8-18)25-20-11-9-19(23)10-12-20/h4-12H,13-17,23H2,1-3H3. The average Bonchev–Trinajstić information content (AvgIpc) is 2.58. The van der Waals surface area contributed by atoms with E-state index in [2.05, 4.69) is 56.0 Å². The highest BCUT2D eigenvalue weighted by atomic mass is 16.5. The van der Waals surface area contributed by atoms with Crippen LogP contribution >= 0.6 is 0 Å². The summed E-state index contributed by atoms with van der Waals surface area (Å²) in [7, 11) is 0. The Morgan fingerprint density at radius 1 is 0.960 bits per heavy atom. The number of nitrogens with zero attached hydrogens (tertiary/aromatic N) is 1. The van der Waals surface area contributed by atoms with Gasteiger partial charge in [-0.1, -0.05) is 51.1 Å². The molecular weight excluding hydrogens is 308 g/mol. The van der Waals surface area contributed by atoms with Gasteiger partial charge in [0.25, 0.3) is 0 Å². The highest BCUT2D eigenvalue weighted by molar-refractivity contribution is 5.42. The van der Waals surface area contributed by atoms with Crippen molar-refractivity contribution in [3.8, 4) is 5.75 Å². The van der Waals surface area contributed by atoms with E-state index in [0.717, 1.165) is 43.9 Å². The molecule has 0 radical (unpaired) electrons. The molecule has 0 saturated carbocycles. The van der Waals surface area contributed by atoms with Crippen LogP contribution in [0.1, 0.15) is 39.2 Å². The van der Waals surface area contributed by atoms with Gasteiger partial charge in [-0.2, -0.15) is 0 Å². The smallest absolute Gasteiger partial charge is 0.136 e. The third kappa shape index (κ3) is 4.55. The average molecular weight is 338 g/mol. The van der Waals surface area contributed by atoms with Crippen molar-refractivity contribution in [2.45, 2.75) is 39.2 Å². The van der Waals surface area contributed by atoms with Gasteiger partial charge in [0.15, 0.2) is 0 Å². The zero-order valence-corrected chi connectivity index (χ0v) is 15.7. The fraction of sp³-hybridized carbons (Fsp3) is 0.455. The summed E-state index contributed by atoms with van der Waals surface area (Å²) >= 11 is 0. The predicted molar refractivity (Wildman–Crippen MR) is 105 cm³/mol. The van der Waals surface area contributed by atoms with Gasteiger partial charge in [0.1, 0.15) is 11.4 Å². The van der Waals surface area contributed by atoms with Crippen LogP contribution in [0.2, 0.25) is 0 Å². The minimum absolute atomic E-state index is 0.258. The van der Waals surface area contributed by atoms with Gasteiger partial charge in [0, 0.05) is 38.2 Å². The summed E-state index contributed by atoms with van der Waals surface area (Å²) in [6, 6.07) is 18.4. The molecule has 2 aromatic rings. The topological polar surface area (TPSA) is 38.5 Å². The van der Waals surface area contributed by atoms with Crippen LogP contribution in [0.25, 0.3) is 0 Å². The number of benzene rings is 2. The van der Waals surface area contributed by atoms with Crippen LogP contribution in [0.3, 0.4) is 0 Å². The van der Waals surface area contributed by atoms with Crippen LogP contribution < -0.4 is 10.5 Å². The van der Waals surface area contributed by atoms with E-state index in [1.165, 1.54) is 5.56 Å². The molecule has 1 aliphatic heterocycles. The van der Waals surface area contributed by atoms with Crippen LogP contribution in [0.5, 0.6) is 5.75 Å². The monoisotopic (exact) mass is 338 g/mol. The van der Waals surface area contributed by atoms with Crippen molar-refractivity contribution in [1.29, 1.82) is 0 Å². The molecule has 0 aliphatic carbocycles. The molecule has 0 unspecified atom stereocenters. The van der Waals surface area contributed by atoms with Gasteiger partial charge in [-0.3, -0.25) is 0 Å². The summed E-state index contributed by atoms with van der Waals surface area (Å²) in [4.78, 5) is 2.56. The maximum absolute atomic E-state index is 6.58. The normalized spacial score (nSPS) is 18.0. The Kier molecular flexibility index (Phi) is 5.05. The summed E-state index contributed by atoms with van der Waals surface area (Å²) < 4.78 is 6.58. The number of rotatable bonds is 4. The Bertz CT molecular complexity index is 665. The molecule has 0 spiro atoms. The van der Waals surface area contributed by atoms with Crippen molar-refractivity contribution in [3.63, 3.8) is 0 Å². The predicted octanol–water partition coefficient (Wildman–Crippen LogP) is 4.69.